The molecule has 0 amide bonds. The summed E-state index contributed by atoms with van der Waals surface area (Å²) < 4.78 is 0. The van der Waals surface area contributed by atoms with Crippen LogP contribution in [0.25, 0.3) is 12.2 Å². The van der Waals surface area contributed by atoms with Gasteiger partial charge in [0, 0.05) is 5.25 Å². The van der Waals surface area contributed by atoms with Gasteiger partial charge in [-0.1, -0.05) is 30.4 Å². The highest BCUT2D eigenvalue weighted by atomic mass is 32.2. The van der Waals surface area contributed by atoms with Gasteiger partial charge >= 0.3 is 0 Å². The summed E-state index contributed by atoms with van der Waals surface area (Å²) in [4.78, 5) is 0. The molecule has 1 heteroatoms. The minimum atomic E-state index is 0.570. The van der Waals surface area contributed by atoms with Crippen LogP contribution in [-0.4, -0.2) is 6.26 Å². The van der Waals surface area contributed by atoms with Gasteiger partial charge in [-0.3, -0.25) is 0 Å². The van der Waals surface area contributed by atoms with Crippen LogP contribution in [-0.2, 0) is 0 Å². The Bertz CT molecular complexity index is 404. The molecule has 0 fully saturated rings. The van der Waals surface area contributed by atoms with E-state index in [-0.39, 0.29) is 0 Å². The van der Waals surface area contributed by atoms with Gasteiger partial charge in [-0.05, 0) is 43.0 Å². The lowest BCUT2D eigenvalue weighted by Crippen LogP contribution is -2.28. The van der Waals surface area contributed by atoms with E-state index in [2.05, 4.69) is 57.4 Å². The fraction of sp³-hybridized carbons (Fsp3) is 0.385. The van der Waals surface area contributed by atoms with Crippen molar-refractivity contribution in [1.29, 1.82) is 0 Å². The molecule has 0 saturated carbocycles. The van der Waals surface area contributed by atoms with Crippen LogP contribution in [0.2, 0.25) is 0 Å². The topological polar surface area (TPSA) is 0 Å². The van der Waals surface area contributed by atoms with Crippen molar-refractivity contribution in [2.75, 3.05) is 6.26 Å². The van der Waals surface area contributed by atoms with Crippen LogP contribution in [0.15, 0.2) is 18.2 Å². The first-order valence-corrected chi connectivity index (χ1v) is 6.27. The minimum Gasteiger partial charge on any atom is -0.157 e. The van der Waals surface area contributed by atoms with E-state index in [1.54, 1.807) is 0 Å². The molecule has 0 aliphatic carbocycles. The Morgan fingerprint density at radius 3 is 2.43 bits per heavy atom. The van der Waals surface area contributed by atoms with E-state index in [1.807, 2.05) is 11.8 Å². The maximum atomic E-state index is 2.26. The molecular weight excluding hydrogens is 188 g/mol. The summed E-state index contributed by atoms with van der Waals surface area (Å²) in [5, 5.41) is 3.30. The third kappa shape index (κ3) is 2.21. The van der Waals surface area contributed by atoms with Gasteiger partial charge in [-0.15, -0.1) is 0 Å². The van der Waals surface area contributed by atoms with Crippen molar-refractivity contribution in [1.82, 2.24) is 0 Å². The Morgan fingerprint density at radius 2 is 1.93 bits per heavy atom. The number of benzene rings is 1. The summed E-state index contributed by atoms with van der Waals surface area (Å²) >= 11 is 1.89. The molecule has 0 aliphatic rings. The fourth-order valence-corrected chi connectivity index (χ4v) is 2.13. The average molecular weight is 206 g/mol. The second kappa shape index (κ2) is 5.26. The average Bonchev–Trinajstić information content (AvgIpc) is 2.26. The highest BCUT2D eigenvalue weighted by molar-refractivity contribution is 7.98. The first kappa shape index (κ1) is 11.4. The van der Waals surface area contributed by atoms with E-state index in [0.29, 0.717) is 5.25 Å². The quantitative estimate of drug-likeness (QED) is 0.717. The van der Waals surface area contributed by atoms with Crippen LogP contribution in [0, 0.1) is 0 Å². The van der Waals surface area contributed by atoms with Crippen LogP contribution in [0.4, 0.5) is 0 Å². The molecule has 0 heterocycles. The maximum Gasteiger partial charge on any atom is 0.0272 e. The van der Waals surface area contributed by atoms with Gasteiger partial charge in [-0.25, -0.2) is 0 Å². The molecule has 1 aromatic rings. The molecule has 0 radical (unpaired) electrons. The predicted molar refractivity (Wildman–Crippen MR) is 67.9 cm³/mol. The molecular formula is C13H18S. The third-order valence-corrected chi connectivity index (χ3v) is 3.53. The van der Waals surface area contributed by atoms with E-state index in [0.717, 1.165) is 0 Å². The van der Waals surface area contributed by atoms with Crippen molar-refractivity contribution < 1.29 is 0 Å². The summed E-state index contributed by atoms with van der Waals surface area (Å²) in [6.07, 6.45) is 6.54. The van der Waals surface area contributed by atoms with Crippen molar-refractivity contribution in [2.24, 2.45) is 0 Å². The van der Waals surface area contributed by atoms with Crippen molar-refractivity contribution in [3.63, 3.8) is 0 Å². The normalized spacial score (nSPS) is 16.0. The molecule has 14 heavy (non-hydrogen) atoms. The molecule has 1 aromatic carbocycles. The van der Waals surface area contributed by atoms with Gasteiger partial charge in [0.15, 0.2) is 0 Å². The Labute approximate surface area is 90.7 Å². The zero-order chi connectivity index (χ0) is 10.6. The summed E-state index contributed by atoms with van der Waals surface area (Å²) in [7, 11) is 0. The second-order valence-corrected chi connectivity index (χ2v) is 4.48. The zero-order valence-corrected chi connectivity index (χ0v) is 10.2. The Morgan fingerprint density at radius 1 is 1.21 bits per heavy atom. The molecule has 1 rings (SSSR count). The smallest absolute Gasteiger partial charge is 0.0272 e. The van der Waals surface area contributed by atoms with Crippen LogP contribution < -0.4 is 10.4 Å². The molecule has 0 spiro atoms. The zero-order valence-electron chi connectivity index (χ0n) is 9.37. The van der Waals surface area contributed by atoms with Crippen LogP contribution in [0.3, 0.4) is 0 Å². The highest BCUT2D eigenvalue weighted by Crippen LogP contribution is 2.21. The van der Waals surface area contributed by atoms with E-state index in [9.17, 15) is 0 Å². The molecule has 1 unspecified atom stereocenters. The van der Waals surface area contributed by atoms with Gasteiger partial charge in [0.1, 0.15) is 0 Å². The molecule has 1 atom stereocenters. The maximum absolute atomic E-state index is 2.26. The van der Waals surface area contributed by atoms with Crippen LogP contribution in [0.1, 0.15) is 31.6 Å². The first-order valence-electron chi connectivity index (χ1n) is 4.99. The van der Waals surface area contributed by atoms with Crippen molar-refractivity contribution in [3.8, 4) is 0 Å². The molecule has 0 aliphatic heterocycles. The van der Waals surface area contributed by atoms with Crippen LogP contribution >= 0.6 is 11.8 Å². The molecule has 0 nitrogen and oxygen atoms in total. The van der Waals surface area contributed by atoms with Gasteiger partial charge in [0.25, 0.3) is 0 Å². The fourth-order valence-electron chi connectivity index (χ4n) is 1.67. The van der Waals surface area contributed by atoms with E-state index in [4.69, 9.17) is 0 Å². The lowest BCUT2D eigenvalue weighted by atomic mass is 10.1. The van der Waals surface area contributed by atoms with Crippen molar-refractivity contribution in [3.05, 3.63) is 34.2 Å². The number of hydrogen-bond acceptors (Lipinski definition) is 1. The summed E-state index contributed by atoms with van der Waals surface area (Å²) in [5.41, 5.74) is 1.44. The van der Waals surface area contributed by atoms with Gasteiger partial charge in [0.05, 0.1) is 0 Å². The standard InChI is InChI=1S/C13H18S/c1-5-11-8-7-9-13(10(3)14-4)12(11)6-2/h5-10H,1-4H3/b11-5-,12-6+. The Balaban J connectivity index is 3.47. The largest absolute Gasteiger partial charge is 0.157 e. The lowest BCUT2D eigenvalue weighted by Gasteiger charge is -2.09. The molecule has 0 saturated heterocycles. The summed E-state index contributed by atoms with van der Waals surface area (Å²) in [6.45, 7) is 6.46. The summed E-state index contributed by atoms with van der Waals surface area (Å²) in [6, 6.07) is 6.54. The number of rotatable bonds is 2. The molecule has 0 bridgehead atoms. The molecule has 76 valence electrons. The second-order valence-electron chi connectivity index (χ2n) is 3.31. The Kier molecular flexibility index (Phi) is 4.27. The van der Waals surface area contributed by atoms with Crippen molar-refractivity contribution >= 4 is 23.9 Å². The summed E-state index contributed by atoms with van der Waals surface area (Å²) in [5.74, 6) is 0. The first-order chi connectivity index (χ1) is 6.74. The van der Waals surface area contributed by atoms with Gasteiger partial charge in [-0.2, -0.15) is 11.8 Å². The van der Waals surface area contributed by atoms with Crippen molar-refractivity contribution in [2.45, 2.75) is 26.0 Å². The molecule has 0 aromatic heterocycles. The lowest BCUT2D eigenvalue weighted by molar-refractivity contribution is 1.08. The monoisotopic (exact) mass is 206 g/mol. The van der Waals surface area contributed by atoms with E-state index in [1.165, 1.54) is 16.0 Å². The van der Waals surface area contributed by atoms with E-state index >= 15 is 0 Å². The Hall–Kier alpha value is -0.690. The molecule has 0 N–H and O–H groups in total. The van der Waals surface area contributed by atoms with Gasteiger partial charge < -0.3 is 0 Å². The van der Waals surface area contributed by atoms with Crippen LogP contribution in [0.5, 0.6) is 0 Å². The SMILES string of the molecule is C/C=c1/cccc(C(C)SC)/c1=C/C. The predicted octanol–water partition coefficient (Wildman–Crippen LogP) is 2.71. The number of hydrogen-bond donors (Lipinski definition) is 0. The number of thioether (sulfide) groups is 1. The minimum absolute atomic E-state index is 0.570. The highest BCUT2D eigenvalue weighted by Gasteiger charge is 2.04. The third-order valence-electron chi connectivity index (χ3n) is 2.56. The van der Waals surface area contributed by atoms with Gasteiger partial charge in [0.2, 0.25) is 0 Å². The van der Waals surface area contributed by atoms with E-state index < -0.39 is 0 Å².